The molecule has 1 aromatic carbocycles. The van der Waals surface area contributed by atoms with Gasteiger partial charge in [0.2, 0.25) is 0 Å². The van der Waals surface area contributed by atoms with Crippen LogP contribution in [-0.2, 0) is 11.2 Å². The van der Waals surface area contributed by atoms with Crippen molar-refractivity contribution < 1.29 is 9.90 Å². The molecule has 0 unspecified atom stereocenters. The summed E-state index contributed by atoms with van der Waals surface area (Å²) in [5.74, 6) is -0.855. The van der Waals surface area contributed by atoms with Gasteiger partial charge in [0.1, 0.15) is 5.01 Å². The molecule has 0 saturated carbocycles. The molecule has 0 spiro atoms. The Bertz CT molecular complexity index is 780. The Hall–Kier alpha value is -1.69. The molecule has 3 aromatic rings. The molecule has 0 aliphatic carbocycles. The number of aromatic nitrogens is 1. The average Bonchev–Trinajstić information content (AvgIpc) is 3.06. The summed E-state index contributed by atoms with van der Waals surface area (Å²) in [6.45, 7) is 0. The van der Waals surface area contributed by atoms with Crippen LogP contribution in [0.25, 0.3) is 21.1 Å². The number of nitrogens with zero attached hydrogens (tertiary/aromatic N) is 1. The second-order valence-corrected chi connectivity index (χ2v) is 6.79. The predicted octanol–water partition coefficient (Wildman–Crippen LogP) is 4.82. The van der Waals surface area contributed by atoms with Crippen LogP contribution >= 0.6 is 34.3 Å². The lowest BCUT2D eigenvalue weighted by Gasteiger charge is -1.99. The van der Waals surface area contributed by atoms with Crippen molar-refractivity contribution in [3.63, 3.8) is 0 Å². The average molecular weight is 336 g/mol. The number of thiazole rings is 1. The maximum atomic E-state index is 11.1. The summed E-state index contributed by atoms with van der Waals surface area (Å²) in [6.07, 6.45) is -0.0268. The Morgan fingerprint density at radius 3 is 2.67 bits per heavy atom. The molecule has 0 saturated heterocycles. The van der Waals surface area contributed by atoms with Gasteiger partial charge in [-0.1, -0.05) is 41.9 Å². The lowest BCUT2D eigenvalue weighted by Crippen LogP contribution is -1.99. The molecule has 0 amide bonds. The third-order valence-corrected chi connectivity index (χ3v) is 5.34. The van der Waals surface area contributed by atoms with Crippen LogP contribution < -0.4 is 0 Å². The van der Waals surface area contributed by atoms with Crippen LogP contribution in [0.5, 0.6) is 0 Å². The highest BCUT2D eigenvalue weighted by Crippen LogP contribution is 2.37. The van der Waals surface area contributed by atoms with E-state index in [9.17, 15) is 4.79 Å². The van der Waals surface area contributed by atoms with E-state index in [1.165, 1.54) is 22.7 Å². The van der Waals surface area contributed by atoms with Crippen molar-refractivity contribution in [2.24, 2.45) is 0 Å². The molecule has 0 fully saturated rings. The van der Waals surface area contributed by atoms with Crippen molar-refractivity contribution in [3.8, 4) is 21.1 Å². The molecule has 0 bridgehead atoms. The fourth-order valence-electron chi connectivity index (χ4n) is 1.96. The monoisotopic (exact) mass is 335 g/mol. The van der Waals surface area contributed by atoms with Gasteiger partial charge >= 0.3 is 5.97 Å². The number of aliphatic carboxylic acids is 1. The molecule has 0 aliphatic rings. The topological polar surface area (TPSA) is 50.2 Å². The lowest BCUT2D eigenvalue weighted by atomic mass is 10.1. The number of benzene rings is 1. The minimum Gasteiger partial charge on any atom is -0.481 e. The number of rotatable bonds is 4. The number of carboxylic acid groups (broad SMARTS) is 1. The normalized spacial score (nSPS) is 10.7. The zero-order valence-electron chi connectivity index (χ0n) is 10.7. The Labute approximate surface area is 134 Å². The molecule has 6 heteroatoms. The molecular weight excluding hydrogens is 326 g/mol. The summed E-state index contributed by atoms with van der Waals surface area (Å²) in [4.78, 5) is 17.4. The van der Waals surface area contributed by atoms with E-state index in [1.807, 2.05) is 41.8 Å². The third-order valence-electron chi connectivity index (χ3n) is 2.83. The van der Waals surface area contributed by atoms with E-state index in [0.29, 0.717) is 5.02 Å². The van der Waals surface area contributed by atoms with Crippen LogP contribution in [0.4, 0.5) is 0 Å². The number of carbonyl (C=O) groups is 1. The van der Waals surface area contributed by atoms with E-state index in [-0.39, 0.29) is 6.42 Å². The van der Waals surface area contributed by atoms with Crippen LogP contribution in [0.1, 0.15) is 4.88 Å². The maximum Gasteiger partial charge on any atom is 0.308 e. The highest BCUT2D eigenvalue weighted by Gasteiger charge is 2.17. The summed E-state index contributed by atoms with van der Waals surface area (Å²) in [6, 6.07) is 11.5. The van der Waals surface area contributed by atoms with Crippen molar-refractivity contribution in [1.82, 2.24) is 4.98 Å². The van der Waals surface area contributed by atoms with Gasteiger partial charge in [-0.25, -0.2) is 4.98 Å². The van der Waals surface area contributed by atoms with Crippen molar-refractivity contribution in [1.29, 1.82) is 0 Å². The molecule has 0 atom stereocenters. The second kappa shape index (κ2) is 5.97. The number of hydrogen-bond donors (Lipinski definition) is 1. The van der Waals surface area contributed by atoms with Crippen molar-refractivity contribution in [2.45, 2.75) is 6.42 Å². The van der Waals surface area contributed by atoms with Gasteiger partial charge < -0.3 is 5.11 Å². The Morgan fingerprint density at radius 1 is 1.29 bits per heavy atom. The molecular formula is C15H10ClNO2S2. The molecule has 106 valence electrons. The second-order valence-electron chi connectivity index (χ2n) is 4.36. The fraction of sp³-hybridized carbons (Fsp3) is 0.0667. The van der Waals surface area contributed by atoms with Gasteiger partial charge in [0.05, 0.1) is 22.0 Å². The number of hydrogen-bond acceptors (Lipinski definition) is 4. The van der Waals surface area contributed by atoms with Gasteiger partial charge in [-0.3, -0.25) is 4.79 Å². The summed E-state index contributed by atoms with van der Waals surface area (Å²) in [5, 5.41) is 12.4. The molecule has 3 rings (SSSR count). The highest BCUT2D eigenvalue weighted by atomic mass is 35.5. The van der Waals surface area contributed by atoms with Crippen molar-refractivity contribution in [2.75, 3.05) is 0 Å². The first-order chi connectivity index (χ1) is 10.1. The number of carboxylic acids is 1. The molecule has 1 N–H and O–H groups in total. The molecule has 3 nitrogen and oxygen atoms in total. The lowest BCUT2D eigenvalue weighted by molar-refractivity contribution is -0.136. The van der Waals surface area contributed by atoms with Crippen LogP contribution in [0.3, 0.4) is 0 Å². The quantitative estimate of drug-likeness (QED) is 0.743. The Kier molecular flexibility index (Phi) is 4.05. The van der Waals surface area contributed by atoms with Gasteiger partial charge in [0.15, 0.2) is 0 Å². The van der Waals surface area contributed by atoms with Crippen LogP contribution in [0.15, 0.2) is 41.8 Å². The van der Waals surface area contributed by atoms with Crippen molar-refractivity contribution in [3.05, 3.63) is 51.7 Å². The van der Waals surface area contributed by atoms with E-state index >= 15 is 0 Å². The fourth-order valence-corrected chi connectivity index (χ4v) is 4.17. The van der Waals surface area contributed by atoms with Crippen LogP contribution in [0, 0.1) is 0 Å². The molecule has 21 heavy (non-hydrogen) atoms. The Morgan fingerprint density at radius 2 is 2.05 bits per heavy atom. The Balaban J connectivity index is 2.09. The van der Waals surface area contributed by atoms with Crippen LogP contribution in [-0.4, -0.2) is 16.1 Å². The highest BCUT2D eigenvalue weighted by molar-refractivity contribution is 7.21. The molecule has 0 aliphatic heterocycles. The van der Waals surface area contributed by atoms with Gasteiger partial charge in [0.25, 0.3) is 0 Å². The van der Waals surface area contributed by atoms with E-state index in [2.05, 4.69) is 4.98 Å². The summed E-state index contributed by atoms with van der Waals surface area (Å²) in [5.41, 5.74) is 1.67. The first kappa shape index (κ1) is 14.3. The SMILES string of the molecule is O=C(O)Cc1sc(-c2cc(Cl)cs2)nc1-c1ccccc1. The third kappa shape index (κ3) is 3.15. The first-order valence-corrected chi connectivity index (χ1v) is 8.22. The summed E-state index contributed by atoms with van der Waals surface area (Å²) in [7, 11) is 0. The standard InChI is InChI=1S/C15H10ClNO2S2/c16-10-6-12(20-8-10)15-17-14(9-4-2-1-3-5-9)11(21-15)7-13(18)19/h1-6,8H,7H2,(H,18,19). The van der Waals surface area contributed by atoms with Gasteiger partial charge in [0, 0.05) is 15.8 Å². The van der Waals surface area contributed by atoms with Gasteiger partial charge in [-0.05, 0) is 6.07 Å². The zero-order valence-corrected chi connectivity index (χ0v) is 13.1. The number of thiophene rings is 1. The van der Waals surface area contributed by atoms with Gasteiger partial charge in [-0.15, -0.1) is 22.7 Å². The van der Waals surface area contributed by atoms with E-state index in [0.717, 1.165) is 26.0 Å². The van der Waals surface area contributed by atoms with Crippen molar-refractivity contribution >= 4 is 40.2 Å². The summed E-state index contributed by atoms with van der Waals surface area (Å²) >= 11 is 8.87. The minimum absolute atomic E-state index is 0.0268. The molecule has 2 aromatic heterocycles. The molecule has 0 radical (unpaired) electrons. The predicted molar refractivity (Wildman–Crippen MR) is 87.2 cm³/mol. The molecule has 2 heterocycles. The van der Waals surface area contributed by atoms with E-state index < -0.39 is 5.97 Å². The number of halogens is 1. The largest absolute Gasteiger partial charge is 0.481 e. The zero-order chi connectivity index (χ0) is 14.8. The van der Waals surface area contributed by atoms with Gasteiger partial charge in [-0.2, -0.15) is 0 Å². The van der Waals surface area contributed by atoms with E-state index in [4.69, 9.17) is 16.7 Å². The van der Waals surface area contributed by atoms with E-state index in [1.54, 1.807) is 0 Å². The minimum atomic E-state index is -0.855. The smallest absolute Gasteiger partial charge is 0.308 e. The summed E-state index contributed by atoms with van der Waals surface area (Å²) < 4.78 is 0. The van der Waals surface area contributed by atoms with Crippen LogP contribution in [0.2, 0.25) is 5.02 Å². The first-order valence-electron chi connectivity index (χ1n) is 6.15. The maximum absolute atomic E-state index is 11.1.